The molecule has 1 spiro atoms. The van der Waals surface area contributed by atoms with Crippen LogP contribution < -0.4 is 9.47 Å². The summed E-state index contributed by atoms with van der Waals surface area (Å²) in [5.74, 6) is 2.09. The van der Waals surface area contributed by atoms with Gasteiger partial charge in [-0.25, -0.2) is 0 Å². The van der Waals surface area contributed by atoms with Gasteiger partial charge in [0.25, 0.3) is 0 Å². The van der Waals surface area contributed by atoms with E-state index < -0.39 is 6.10 Å². The summed E-state index contributed by atoms with van der Waals surface area (Å²) in [7, 11) is 3.91. The molecule has 2 aliphatic carbocycles. The van der Waals surface area contributed by atoms with E-state index >= 15 is 0 Å². The predicted octanol–water partition coefficient (Wildman–Crippen LogP) is 1.50. The molecule has 22 heavy (non-hydrogen) atoms. The third-order valence-corrected chi connectivity index (χ3v) is 6.35. The average molecular weight is 299 g/mol. The van der Waals surface area contributed by atoms with Crippen LogP contribution >= 0.6 is 0 Å². The van der Waals surface area contributed by atoms with Gasteiger partial charge in [0, 0.05) is 22.9 Å². The zero-order valence-electron chi connectivity index (χ0n) is 13.0. The second kappa shape index (κ2) is 4.06. The number of likely N-dealkylation sites (N-methyl/N-ethyl adjacent to an activating group) is 1. The Balaban J connectivity index is 1.82. The van der Waals surface area contributed by atoms with E-state index in [9.17, 15) is 5.11 Å². The lowest BCUT2D eigenvalue weighted by atomic mass is 9.53. The molecule has 4 nitrogen and oxygen atoms in total. The van der Waals surface area contributed by atoms with Gasteiger partial charge in [0.2, 0.25) is 0 Å². The number of hydrogen-bond donors (Lipinski definition) is 1. The van der Waals surface area contributed by atoms with Gasteiger partial charge in [0.05, 0.1) is 7.11 Å². The standard InChI is InChI=1S/C18H21NO3/c1-19-8-7-18-11-4-5-13(20)17(18)22-16-14(21-2)6-3-10(15(16)18)9-12(11)19/h3-6,11-13,17,20H,7-9H2,1-2H3/t11-,12+,13-,17-,18-/m1/s1. The first kappa shape index (κ1) is 13.0. The third-order valence-electron chi connectivity index (χ3n) is 6.35. The van der Waals surface area contributed by atoms with Crippen LogP contribution in [0.4, 0.5) is 0 Å². The minimum Gasteiger partial charge on any atom is -0.493 e. The minimum absolute atomic E-state index is 0.0806. The molecule has 0 radical (unpaired) electrons. The van der Waals surface area contributed by atoms with Crippen molar-refractivity contribution in [3.63, 3.8) is 0 Å². The van der Waals surface area contributed by atoms with Gasteiger partial charge in [-0.3, -0.25) is 0 Å². The SMILES string of the molecule is COc1ccc2c3c1O[C@@H]1[C@H](O)C=C[C@@H]4[C@H](C2)N(C)CC[C@]341. The van der Waals surface area contributed by atoms with Crippen LogP contribution in [0.1, 0.15) is 17.5 Å². The van der Waals surface area contributed by atoms with Crippen molar-refractivity contribution in [1.82, 2.24) is 4.90 Å². The minimum atomic E-state index is -0.539. The number of ether oxygens (including phenoxy) is 2. The van der Waals surface area contributed by atoms with Crippen molar-refractivity contribution in [2.24, 2.45) is 5.92 Å². The van der Waals surface area contributed by atoms with E-state index in [1.807, 2.05) is 12.1 Å². The topological polar surface area (TPSA) is 41.9 Å². The zero-order valence-corrected chi connectivity index (χ0v) is 13.0. The number of methoxy groups -OCH3 is 1. The Bertz CT molecular complexity index is 685. The Hall–Kier alpha value is -1.52. The Morgan fingerprint density at radius 1 is 1.36 bits per heavy atom. The summed E-state index contributed by atoms with van der Waals surface area (Å²) in [6, 6.07) is 4.70. The zero-order chi connectivity index (χ0) is 15.1. The molecule has 5 atom stereocenters. The van der Waals surface area contributed by atoms with E-state index in [0.717, 1.165) is 30.9 Å². The molecule has 1 N–H and O–H groups in total. The van der Waals surface area contributed by atoms with Gasteiger partial charge in [-0.15, -0.1) is 0 Å². The molecule has 1 saturated heterocycles. The molecule has 4 heteroatoms. The Labute approximate surface area is 130 Å². The summed E-state index contributed by atoms with van der Waals surface area (Å²) >= 11 is 0. The van der Waals surface area contributed by atoms with E-state index in [0.29, 0.717) is 12.0 Å². The van der Waals surface area contributed by atoms with E-state index in [1.54, 1.807) is 7.11 Å². The summed E-state index contributed by atoms with van der Waals surface area (Å²) in [4.78, 5) is 2.47. The Morgan fingerprint density at radius 3 is 3.05 bits per heavy atom. The first-order chi connectivity index (χ1) is 10.7. The maximum atomic E-state index is 10.6. The van der Waals surface area contributed by atoms with Gasteiger partial charge < -0.3 is 19.5 Å². The van der Waals surface area contributed by atoms with Crippen molar-refractivity contribution in [1.29, 1.82) is 0 Å². The van der Waals surface area contributed by atoms with Crippen LogP contribution in [0.3, 0.4) is 0 Å². The molecule has 5 rings (SSSR count). The Morgan fingerprint density at radius 2 is 2.23 bits per heavy atom. The number of nitrogens with zero attached hydrogens (tertiary/aromatic N) is 1. The number of rotatable bonds is 1. The summed E-state index contributed by atoms with van der Waals surface area (Å²) < 4.78 is 11.8. The third kappa shape index (κ3) is 1.28. The lowest BCUT2D eigenvalue weighted by molar-refractivity contribution is -0.0453. The van der Waals surface area contributed by atoms with Crippen LogP contribution in [0.15, 0.2) is 24.3 Å². The molecule has 116 valence electrons. The highest BCUT2D eigenvalue weighted by molar-refractivity contribution is 5.62. The second-order valence-corrected chi connectivity index (χ2v) is 7.11. The average Bonchev–Trinajstić information content (AvgIpc) is 2.88. The van der Waals surface area contributed by atoms with E-state index in [-0.39, 0.29) is 11.5 Å². The van der Waals surface area contributed by atoms with Crippen molar-refractivity contribution in [3.8, 4) is 11.5 Å². The Kier molecular flexibility index (Phi) is 2.39. The molecule has 2 bridgehead atoms. The fraction of sp³-hybridized carbons (Fsp3) is 0.556. The highest BCUT2D eigenvalue weighted by Crippen LogP contribution is 2.62. The van der Waals surface area contributed by atoms with Gasteiger partial charge in [0.1, 0.15) is 12.2 Å². The summed E-state index contributed by atoms with van der Waals surface area (Å²) in [5.41, 5.74) is 2.60. The maximum absolute atomic E-state index is 10.6. The fourth-order valence-electron chi connectivity index (χ4n) is 5.39. The summed E-state index contributed by atoms with van der Waals surface area (Å²) in [5, 5.41) is 10.6. The highest BCUT2D eigenvalue weighted by atomic mass is 16.5. The van der Waals surface area contributed by atoms with Gasteiger partial charge in [-0.2, -0.15) is 0 Å². The van der Waals surface area contributed by atoms with Gasteiger partial charge in [-0.05, 0) is 38.1 Å². The number of likely N-dealkylation sites (tertiary alicyclic amines) is 1. The lowest BCUT2D eigenvalue weighted by Crippen LogP contribution is -2.64. The van der Waals surface area contributed by atoms with Crippen molar-refractivity contribution in [2.75, 3.05) is 20.7 Å². The van der Waals surface area contributed by atoms with Crippen LogP contribution in [0, 0.1) is 5.92 Å². The van der Waals surface area contributed by atoms with Crippen LogP contribution in [0.5, 0.6) is 11.5 Å². The maximum Gasteiger partial charge on any atom is 0.165 e. The molecule has 2 aliphatic heterocycles. The number of benzene rings is 1. The largest absolute Gasteiger partial charge is 0.493 e. The molecular formula is C18H21NO3. The van der Waals surface area contributed by atoms with E-state index in [4.69, 9.17) is 9.47 Å². The van der Waals surface area contributed by atoms with Gasteiger partial charge >= 0.3 is 0 Å². The highest BCUT2D eigenvalue weighted by Gasteiger charge is 2.64. The summed E-state index contributed by atoms with van der Waals surface area (Å²) in [6.07, 6.45) is 5.54. The van der Waals surface area contributed by atoms with Crippen LogP contribution in [-0.2, 0) is 11.8 Å². The summed E-state index contributed by atoms with van der Waals surface area (Å²) in [6.45, 7) is 1.05. The second-order valence-electron chi connectivity index (χ2n) is 7.11. The number of piperidine rings is 1. The van der Waals surface area contributed by atoms with Crippen molar-refractivity contribution < 1.29 is 14.6 Å². The molecule has 0 saturated carbocycles. The smallest absolute Gasteiger partial charge is 0.165 e. The quantitative estimate of drug-likeness (QED) is 0.798. The molecule has 2 heterocycles. The normalized spacial score (nSPS) is 41.0. The van der Waals surface area contributed by atoms with Crippen LogP contribution in [0.2, 0.25) is 0 Å². The number of aliphatic hydroxyl groups is 1. The molecule has 4 aliphatic rings. The predicted molar refractivity (Wildman–Crippen MR) is 82.5 cm³/mol. The van der Waals surface area contributed by atoms with Crippen molar-refractivity contribution in [3.05, 3.63) is 35.4 Å². The molecule has 1 aromatic rings. The first-order valence-electron chi connectivity index (χ1n) is 8.10. The van der Waals surface area contributed by atoms with E-state index in [2.05, 4.69) is 24.1 Å². The van der Waals surface area contributed by atoms with Gasteiger partial charge in [-0.1, -0.05) is 18.2 Å². The monoisotopic (exact) mass is 299 g/mol. The van der Waals surface area contributed by atoms with Crippen LogP contribution in [0.25, 0.3) is 0 Å². The molecule has 0 unspecified atom stereocenters. The fourth-order valence-corrected chi connectivity index (χ4v) is 5.39. The lowest BCUT2D eigenvalue weighted by Gasteiger charge is -2.56. The molecule has 0 aromatic heterocycles. The molecule has 0 amide bonds. The molecule has 1 fully saturated rings. The number of hydrogen-bond acceptors (Lipinski definition) is 4. The number of aliphatic hydroxyl groups excluding tert-OH is 1. The van der Waals surface area contributed by atoms with Gasteiger partial charge in [0.15, 0.2) is 11.5 Å². The van der Waals surface area contributed by atoms with E-state index in [1.165, 1.54) is 11.1 Å². The van der Waals surface area contributed by atoms with Crippen molar-refractivity contribution >= 4 is 0 Å². The molecule has 1 aromatic carbocycles. The van der Waals surface area contributed by atoms with Crippen LogP contribution in [-0.4, -0.2) is 49.0 Å². The first-order valence-corrected chi connectivity index (χ1v) is 8.10. The van der Waals surface area contributed by atoms with Crippen molar-refractivity contribution in [2.45, 2.75) is 36.5 Å². The molecular weight excluding hydrogens is 278 g/mol.